The van der Waals surface area contributed by atoms with E-state index < -0.39 is 0 Å². The molecule has 1 aromatic heterocycles. The number of benzene rings is 1. The zero-order valence-electron chi connectivity index (χ0n) is 13.4. The lowest BCUT2D eigenvalue weighted by Gasteiger charge is -2.31. The first-order chi connectivity index (χ1) is 10.0. The van der Waals surface area contributed by atoms with Gasteiger partial charge >= 0.3 is 0 Å². The Labute approximate surface area is 127 Å². The molecular weight excluding hydrogens is 258 g/mol. The lowest BCUT2D eigenvalue weighted by atomic mass is 9.75. The number of hydrogen-bond donors (Lipinski definition) is 1. The zero-order chi connectivity index (χ0) is 15.5. The normalized spacial score (nSPS) is 13.2. The standard InChI is InChI=1S/C18H25N3/c1-5-18(6-2,15-10-8-7-9-11-15)17-20-12-16(13(3)19)14(4)21-17/h7-13H,5-6,19H2,1-4H3/t13-/m0/s1. The number of rotatable bonds is 5. The summed E-state index contributed by atoms with van der Waals surface area (Å²) < 4.78 is 0. The molecule has 0 bridgehead atoms. The van der Waals surface area contributed by atoms with Crippen molar-refractivity contribution in [2.24, 2.45) is 5.73 Å². The van der Waals surface area contributed by atoms with Gasteiger partial charge in [-0.1, -0.05) is 44.2 Å². The molecule has 2 aromatic rings. The smallest absolute Gasteiger partial charge is 0.139 e. The van der Waals surface area contributed by atoms with Crippen molar-refractivity contribution >= 4 is 0 Å². The van der Waals surface area contributed by atoms with Crippen LogP contribution in [0.3, 0.4) is 0 Å². The molecule has 3 nitrogen and oxygen atoms in total. The molecule has 0 unspecified atom stereocenters. The Hall–Kier alpha value is -1.74. The minimum Gasteiger partial charge on any atom is -0.324 e. The van der Waals surface area contributed by atoms with E-state index in [4.69, 9.17) is 10.7 Å². The highest BCUT2D eigenvalue weighted by Gasteiger charge is 2.33. The van der Waals surface area contributed by atoms with Gasteiger partial charge in [-0.05, 0) is 32.3 Å². The third-order valence-electron chi connectivity index (χ3n) is 4.47. The zero-order valence-corrected chi connectivity index (χ0v) is 13.4. The third-order valence-corrected chi connectivity index (χ3v) is 4.47. The molecule has 0 aliphatic heterocycles. The molecule has 112 valence electrons. The van der Waals surface area contributed by atoms with Crippen LogP contribution in [0.5, 0.6) is 0 Å². The summed E-state index contributed by atoms with van der Waals surface area (Å²) in [7, 11) is 0. The van der Waals surface area contributed by atoms with E-state index in [-0.39, 0.29) is 11.5 Å². The minimum absolute atomic E-state index is 0.0339. The van der Waals surface area contributed by atoms with Gasteiger partial charge < -0.3 is 5.73 Å². The summed E-state index contributed by atoms with van der Waals surface area (Å²) in [6.07, 6.45) is 3.85. The highest BCUT2D eigenvalue weighted by atomic mass is 14.9. The second-order valence-electron chi connectivity index (χ2n) is 5.68. The van der Waals surface area contributed by atoms with Crippen LogP contribution in [-0.4, -0.2) is 9.97 Å². The molecule has 2 N–H and O–H groups in total. The van der Waals surface area contributed by atoms with Gasteiger partial charge in [-0.2, -0.15) is 0 Å². The SMILES string of the molecule is CCC(CC)(c1ccccc1)c1ncc([C@H](C)N)c(C)n1. The molecule has 0 aliphatic rings. The maximum Gasteiger partial charge on any atom is 0.139 e. The number of nitrogens with two attached hydrogens (primary N) is 1. The summed E-state index contributed by atoms with van der Waals surface area (Å²) in [5.74, 6) is 0.903. The molecule has 0 spiro atoms. The number of aromatic nitrogens is 2. The van der Waals surface area contributed by atoms with Crippen LogP contribution >= 0.6 is 0 Å². The van der Waals surface area contributed by atoms with Crippen molar-refractivity contribution in [1.29, 1.82) is 0 Å². The Kier molecular flexibility index (Phi) is 4.73. The van der Waals surface area contributed by atoms with Crippen molar-refractivity contribution in [1.82, 2.24) is 9.97 Å². The quantitative estimate of drug-likeness (QED) is 0.905. The van der Waals surface area contributed by atoms with E-state index in [1.807, 2.05) is 26.1 Å². The van der Waals surface area contributed by atoms with Gasteiger partial charge in [0.2, 0.25) is 0 Å². The van der Waals surface area contributed by atoms with Crippen LogP contribution in [0.15, 0.2) is 36.5 Å². The molecule has 0 radical (unpaired) electrons. The fraction of sp³-hybridized carbons (Fsp3) is 0.444. The molecule has 21 heavy (non-hydrogen) atoms. The summed E-state index contributed by atoms with van der Waals surface area (Å²) in [5, 5.41) is 0. The van der Waals surface area contributed by atoms with Crippen molar-refractivity contribution in [3.63, 3.8) is 0 Å². The predicted octanol–water partition coefficient (Wildman–Crippen LogP) is 3.91. The number of nitrogens with zero attached hydrogens (tertiary/aromatic N) is 2. The molecule has 1 atom stereocenters. The molecule has 0 fully saturated rings. The number of aryl methyl sites for hydroxylation is 1. The van der Waals surface area contributed by atoms with E-state index in [1.54, 1.807) is 0 Å². The molecular formula is C18H25N3. The Morgan fingerprint density at radius 3 is 2.24 bits per heavy atom. The second kappa shape index (κ2) is 6.35. The Balaban J connectivity index is 2.56. The average Bonchev–Trinajstić information content (AvgIpc) is 2.50. The van der Waals surface area contributed by atoms with Crippen LogP contribution < -0.4 is 5.73 Å². The first kappa shape index (κ1) is 15.6. The van der Waals surface area contributed by atoms with Gasteiger partial charge in [0.05, 0.1) is 5.41 Å². The molecule has 3 heteroatoms. The highest BCUT2D eigenvalue weighted by molar-refractivity contribution is 5.34. The maximum atomic E-state index is 5.97. The second-order valence-corrected chi connectivity index (χ2v) is 5.68. The lowest BCUT2D eigenvalue weighted by Crippen LogP contribution is -2.29. The van der Waals surface area contributed by atoms with Gasteiger partial charge in [0, 0.05) is 23.5 Å². The van der Waals surface area contributed by atoms with Crippen LogP contribution in [0, 0.1) is 6.92 Å². The monoisotopic (exact) mass is 283 g/mol. The van der Waals surface area contributed by atoms with E-state index >= 15 is 0 Å². The van der Waals surface area contributed by atoms with Crippen molar-refractivity contribution < 1.29 is 0 Å². The van der Waals surface area contributed by atoms with Crippen molar-refractivity contribution in [3.8, 4) is 0 Å². The predicted molar refractivity (Wildman–Crippen MR) is 87.2 cm³/mol. The topological polar surface area (TPSA) is 51.8 Å². The first-order valence-electron chi connectivity index (χ1n) is 7.70. The molecule has 1 heterocycles. The molecule has 0 saturated carbocycles. The summed E-state index contributed by atoms with van der Waals surface area (Å²) in [5.41, 5.74) is 9.13. The van der Waals surface area contributed by atoms with Crippen LogP contribution in [-0.2, 0) is 5.41 Å². The van der Waals surface area contributed by atoms with Gasteiger partial charge in [0.1, 0.15) is 5.82 Å². The molecule has 0 aliphatic carbocycles. The molecule has 0 saturated heterocycles. The van der Waals surface area contributed by atoms with Crippen LogP contribution in [0.2, 0.25) is 0 Å². The van der Waals surface area contributed by atoms with Gasteiger partial charge in [-0.15, -0.1) is 0 Å². The summed E-state index contributed by atoms with van der Waals surface area (Å²) in [6.45, 7) is 8.39. The van der Waals surface area contributed by atoms with E-state index in [2.05, 4.69) is 43.1 Å². The van der Waals surface area contributed by atoms with Crippen molar-refractivity contribution in [2.75, 3.05) is 0 Å². The Bertz CT molecular complexity index is 587. The van der Waals surface area contributed by atoms with Crippen LogP contribution in [0.25, 0.3) is 0 Å². The summed E-state index contributed by atoms with van der Waals surface area (Å²) in [6, 6.07) is 10.5. The van der Waals surface area contributed by atoms with Crippen molar-refractivity contribution in [2.45, 2.75) is 52.0 Å². The minimum atomic E-state index is -0.123. The van der Waals surface area contributed by atoms with Crippen LogP contribution in [0.4, 0.5) is 0 Å². The molecule has 0 amide bonds. The Morgan fingerprint density at radius 2 is 1.76 bits per heavy atom. The molecule has 2 rings (SSSR count). The fourth-order valence-electron chi connectivity index (χ4n) is 3.01. The Morgan fingerprint density at radius 1 is 1.14 bits per heavy atom. The highest BCUT2D eigenvalue weighted by Crippen LogP contribution is 2.37. The first-order valence-corrected chi connectivity index (χ1v) is 7.70. The van der Waals surface area contributed by atoms with E-state index in [0.29, 0.717) is 0 Å². The average molecular weight is 283 g/mol. The van der Waals surface area contributed by atoms with Gasteiger partial charge in [-0.3, -0.25) is 0 Å². The summed E-state index contributed by atoms with van der Waals surface area (Å²) >= 11 is 0. The summed E-state index contributed by atoms with van der Waals surface area (Å²) in [4.78, 5) is 9.45. The van der Waals surface area contributed by atoms with Crippen LogP contribution in [0.1, 0.15) is 62.3 Å². The van der Waals surface area contributed by atoms with Gasteiger partial charge in [0.15, 0.2) is 0 Å². The van der Waals surface area contributed by atoms with Crippen molar-refractivity contribution in [3.05, 3.63) is 59.2 Å². The van der Waals surface area contributed by atoms with E-state index in [0.717, 1.165) is 29.9 Å². The lowest BCUT2D eigenvalue weighted by molar-refractivity contribution is 0.446. The number of hydrogen-bond acceptors (Lipinski definition) is 3. The van der Waals surface area contributed by atoms with Gasteiger partial charge in [0.25, 0.3) is 0 Å². The fourth-order valence-corrected chi connectivity index (χ4v) is 3.01. The van der Waals surface area contributed by atoms with Gasteiger partial charge in [-0.25, -0.2) is 9.97 Å². The third kappa shape index (κ3) is 2.84. The molecule has 1 aromatic carbocycles. The largest absolute Gasteiger partial charge is 0.324 e. The van der Waals surface area contributed by atoms with E-state index in [9.17, 15) is 0 Å². The maximum absolute atomic E-state index is 5.97. The van der Waals surface area contributed by atoms with E-state index in [1.165, 1.54) is 5.56 Å².